The molecule has 1 fully saturated rings. The number of pyridine rings is 1. The molecule has 0 saturated carbocycles. The second-order valence-corrected chi connectivity index (χ2v) is 5.98. The van der Waals surface area contributed by atoms with E-state index in [1.807, 2.05) is 24.3 Å². The number of anilines is 1. The van der Waals surface area contributed by atoms with Crippen molar-refractivity contribution in [2.75, 3.05) is 44.7 Å². The van der Waals surface area contributed by atoms with Gasteiger partial charge in [0.05, 0.1) is 25.1 Å². The van der Waals surface area contributed by atoms with Gasteiger partial charge in [-0.05, 0) is 17.7 Å². The van der Waals surface area contributed by atoms with Gasteiger partial charge in [-0.2, -0.15) is 0 Å². The first-order chi connectivity index (χ1) is 12.3. The maximum atomic E-state index is 12.1. The average Bonchev–Trinajstić information content (AvgIpc) is 2.68. The molecule has 2 heterocycles. The molecule has 132 valence electrons. The predicted molar refractivity (Wildman–Crippen MR) is 97.6 cm³/mol. The average molecular weight is 340 g/mol. The molecule has 25 heavy (non-hydrogen) atoms. The third-order valence-corrected chi connectivity index (χ3v) is 4.15. The standard InChI is InChI=1S/C19H24N4O2/c24-19(20-8-9-23-10-12-25-13-11-23)18-7-6-17(15-22-18)21-14-16-4-2-1-3-5-16/h1-7,15,21H,8-14H2,(H,20,24). The molecule has 2 N–H and O–H groups in total. The first-order valence-electron chi connectivity index (χ1n) is 8.63. The highest BCUT2D eigenvalue weighted by molar-refractivity contribution is 5.92. The van der Waals surface area contributed by atoms with Crippen LogP contribution >= 0.6 is 0 Å². The number of rotatable bonds is 7. The number of carbonyl (C=O) groups is 1. The first kappa shape index (κ1) is 17.4. The second kappa shape index (κ2) is 9.15. The molecule has 6 nitrogen and oxygen atoms in total. The van der Waals surface area contributed by atoms with Crippen molar-refractivity contribution in [3.05, 3.63) is 59.9 Å². The Morgan fingerprint density at radius 1 is 1.12 bits per heavy atom. The van der Waals surface area contributed by atoms with Gasteiger partial charge in [-0.15, -0.1) is 0 Å². The minimum Gasteiger partial charge on any atom is -0.380 e. The van der Waals surface area contributed by atoms with Gasteiger partial charge in [0.25, 0.3) is 5.91 Å². The van der Waals surface area contributed by atoms with E-state index in [4.69, 9.17) is 4.74 Å². The van der Waals surface area contributed by atoms with Crippen molar-refractivity contribution in [2.24, 2.45) is 0 Å². The quantitative estimate of drug-likeness (QED) is 0.804. The molecule has 1 amide bonds. The lowest BCUT2D eigenvalue weighted by molar-refractivity contribution is 0.0383. The molecule has 0 spiro atoms. The molecule has 1 aromatic carbocycles. The summed E-state index contributed by atoms with van der Waals surface area (Å²) in [7, 11) is 0. The largest absolute Gasteiger partial charge is 0.380 e. The van der Waals surface area contributed by atoms with Gasteiger partial charge in [0, 0.05) is 32.7 Å². The third-order valence-electron chi connectivity index (χ3n) is 4.15. The van der Waals surface area contributed by atoms with E-state index in [2.05, 4.69) is 32.7 Å². The molecule has 1 aliphatic rings. The van der Waals surface area contributed by atoms with Gasteiger partial charge >= 0.3 is 0 Å². The number of aromatic nitrogens is 1. The zero-order valence-electron chi connectivity index (χ0n) is 14.3. The van der Waals surface area contributed by atoms with Gasteiger partial charge in [-0.25, -0.2) is 4.98 Å². The highest BCUT2D eigenvalue weighted by Gasteiger charge is 2.11. The number of morpholine rings is 1. The minimum absolute atomic E-state index is 0.136. The molecule has 0 bridgehead atoms. The summed E-state index contributed by atoms with van der Waals surface area (Å²) < 4.78 is 5.31. The molecule has 1 aliphatic heterocycles. The van der Waals surface area contributed by atoms with E-state index in [0.29, 0.717) is 12.2 Å². The number of benzene rings is 1. The Morgan fingerprint density at radius 2 is 1.92 bits per heavy atom. The van der Waals surface area contributed by atoms with Gasteiger partial charge in [0.2, 0.25) is 0 Å². The van der Waals surface area contributed by atoms with Crippen LogP contribution in [0.3, 0.4) is 0 Å². The highest BCUT2D eigenvalue weighted by atomic mass is 16.5. The molecular weight excluding hydrogens is 316 g/mol. The van der Waals surface area contributed by atoms with Crippen molar-refractivity contribution in [3.63, 3.8) is 0 Å². The fourth-order valence-electron chi connectivity index (χ4n) is 2.68. The van der Waals surface area contributed by atoms with Gasteiger partial charge in [0.15, 0.2) is 0 Å². The number of hydrogen-bond acceptors (Lipinski definition) is 5. The smallest absolute Gasteiger partial charge is 0.269 e. The molecule has 0 aliphatic carbocycles. The summed E-state index contributed by atoms with van der Waals surface area (Å²) in [6.07, 6.45) is 1.69. The lowest BCUT2D eigenvalue weighted by Gasteiger charge is -2.26. The van der Waals surface area contributed by atoms with E-state index in [0.717, 1.165) is 45.1 Å². The number of carbonyl (C=O) groups excluding carboxylic acids is 1. The Labute approximate surface area is 148 Å². The number of nitrogens with zero attached hydrogens (tertiary/aromatic N) is 2. The van der Waals surface area contributed by atoms with Crippen LogP contribution in [-0.4, -0.2) is 55.2 Å². The number of hydrogen-bond donors (Lipinski definition) is 2. The molecule has 2 aromatic rings. The fourth-order valence-corrected chi connectivity index (χ4v) is 2.68. The van der Waals surface area contributed by atoms with Gasteiger partial charge in [0.1, 0.15) is 5.69 Å². The Morgan fingerprint density at radius 3 is 2.64 bits per heavy atom. The highest BCUT2D eigenvalue weighted by Crippen LogP contribution is 2.09. The van der Waals surface area contributed by atoms with Crippen molar-refractivity contribution in [1.82, 2.24) is 15.2 Å². The van der Waals surface area contributed by atoms with E-state index < -0.39 is 0 Å². The molecule has 0 radical (unpaired) electrons. The Hall–Kier alpha value is -2.44. The predicted octanol–water partition coefficient (Wildman–Crippen LogP) is 1.76. The van der Waals surface area contributed by atoms with E-state index in [-0.39, 0.29) is 5.91 Å². The summed E-state index contributed by atoms with van der Waals surface area (Å²) in [4.78, 5) is 18.7. The van der Waals surface area contributed by atoms with Crippen LogP contribution in [0.1, 0.15) is 16.1 Å². The Bertz CT molecular complexity index is 655. The van der Waals surface area contributed by atoms with Gasteiger partial charge < -0.3 is 15.4 Å². The van der Waals surface area contributed by atoms with Crippen molar-refractivity contribution in [3.8, 4) is 0 Å². The summed E-state index contributed by atoms with van der Waals surface area (Å²) in [5.41, 5.74) is 2.54. The summed E-state index contributed by atoms with van der Waals surface area (Å²) in [5, 5.41) is 6.22. The summed E-state index contributed by atoms with van der Waals surface area (Å²) in [6, 6.07) is 13.8. The lowest BCUT2D eigenvalue weighted by atomic mass is 10.2. The third kappa shape index (κ3) is 5.55. The van der Waals surface area contributed by atoms with Crippen LogP contribution < -0.4 is 10.6 Å². The van der Waals surface area contributed by atoms with Crippen LogP contribution in [0.15, 0.2) is 48.7 Å². The topological polar surface area (TPSA) is 66.5 Å². The SMILES string of the molecule is O=C(NCCN1CCOCC1)c1ccc(NCc2ccccc2)cn1. The number of amides is 1. The maximum absolute atomic E-state index is 12.1. The van der Waals surface area contributed by atoms with E-state index in [9.17, 15) is 4.79 Å². The molecule has 3 rings (SSSR count). The number of ether oxygens (including phenoxy) is 1. The van der Waals surface area contributed by atoms with Crippen LogP contribution in [0, 0.1) is 0 Å². The molecule has 6 heteroatoms. The van der Waals surface area contributed by atoms with Gasteiger partial charge in [-0.1, -0.05) is 30.3 Å². The molecule has 1 saturated heterocycles. The van der Waals surface area contributed by atoms with Crippen molar-refractivity contribution in [1.29, 1.82) is 0 Å². The minimum atomic E-state index is -0.136. The van der Waals surface area contributed by atoms with Crippen LogP contribution in [0.25, 0.3) is 0 Å². The fraction of sp³-hybridized carbons (Fsp3) is 0.368. The lowest BCUT2D eigenvalue weighted by Crippen LogP contribution is -2.41. The Kier molecular flexibility index (Phi) is 6.36. The van der Waals surface area contributed by atoms with E-state index >= 15 is 0 Å². The van der Waals surface area contributed by atoms with Crippen LogP contribution in [0.5, 0.6) is 0 Å². The van der Waals surface area contributed by atoms with Crippen molar-refractivity contribution < 1.29 is 9.53 Å². The first-order valence-corrected chi connectivity index (χ1v) is 8.63. The summed E-state index contributed by atoms with van der Waals surface area (Å²) in [6.45, 7) is 5.58. The molecule has 1 aromatic heterocycles. The normalized spacial score (nSPS) is 14.9. The number of nitrogens with one attached hydrogen (secondary N) is 2. The zero-order valence-corrected chi connectivity index (χ0v) is 14.3. The molecule has 0 unspecified atom stereocenters. The van der Waals surface area contributed by atoms with Crippen LogP contribution in [0.2, 0.25) is 0 Å². The molecule has 0 atom stereocenters. The summed E-state index contributed by atoms with van der Waals surface area (Å²) in [5.74, 6) is -0.136. The van der Waals surface area contributed by atoms with E-state index in [1.54, 1.807) is 12.3 Å². The second-order valence-electron chi connectivity index (χ2n) is 5.98. The Balaban J connectivity index is 1.42. The molecular formula is C19H24N4O2. The monoisotopic (exact) mass is 340 g/mol. The van der Waals surface area contributed by atoms with Crippen LogP contribution in [-0.2, 0) is 11.3 Å². The summed E-state index contributed by atoms with van der Waals surface area (Å²) >= 11 is 0. The van der Waals surface area contributed by atoms with Crippen LogP contribution in [0.4, 0.5) is 5.69 Å². The maximum Gasteiger partial charge on any atom is 0.269 e. The van der Waals surface area contributed by atoms with Gasteiger partial charge in [-0.3, -0.25) is 9.69 Å². The zero-order chi connectivity index (χ0) is 17.3. The van der Waals surface area contributed by atoms with E-state index in [1.165, 1.54) is 5.56 Å². The van der Waals surface area contributed by atoms with Crippen molar-refractivity contribution in [2.45, 2.75) is 6.54 Å². The van der Waals surface area contributed by atoms with Crippen molar-refractivity contribution >= 4 is 11.6 Å².